The molecule has 1 saturated carbocycles. The minimum Gasteiger partial charge on any atom is -0.480 e. The Balaban J connectivity index is 2.67. The van der Waals surface area contributed by atoms with Gasteiger partial charge in [0.1, 0.15) is 5.54 Å². The summed E-state index contributed by atoms with van der Waals surface area (Å²) < 4.78 is 0. The quantitative estimate of drug-likeness (QED) is 0.663. The van der Waals surface area contributed by atoms with Gasteiger partial charge in [-0.05, 0) is 32.9 Å². The second-order valence-electron chi connectivity index (χ2n) is 3.20. The van der Waals surface area contributed by atoms with E-state index in [1.807, 2.05) is 18.9 Å². The van der Waals surface area contributed by atoms with E-state index in [2.05, 4.69) is 0 Å². The van der Waals surface area contributed by atoms with Crippen LogP contribution in [0.5, 0.6) is 0 Å². The molecule has 0 spiro atoms. The maximum atomic E-state index is 10.9. The fraction of sp³-hybridized carbons (Fsp3) is 0.875. The van der Waals surface area contributed by atoms with E-state index < -0.39 is 11.5 Å². The summed E-state index contributed by atoms with van der Waals surface area (Å²) in [5.41, 5.74) is -0.519. The van der Waals surface area contributed by atoms with Gasteiger partial charge < -0.3 is 5.11 Å². The van der Waals surface area contributed by atoms with Gasteiger partial charge in [-0.25, -0.2) is 0 Å². The highest BCUT2D eigenvalue weighted by molar-refractivity contribution is 5.79. The van der Waals surface area contributed by atoms with Crippen molar-refractivity contribution in [1.82, 2.24) is 4.90 Å². The van der Waals surface area contributed by atoms with E-state index in [0.717, 1.165) is 25.8 Å². The van der Waals surface area contributed by atoms with Gasteiger partial charge in [0, 0.05) is 0 Å². The van der Waals surface area contributed by atoms with Crippen molar-refractivity contribution in [2.24, 2.45) is 0 Å². The first-order valence-corrected chi connectivity index (χ1v) is 4.08. The second kappa shape index (κ2) is 2.81. The molecule has 1 rings (SSSR count). The van der Waals surface area contributed by atoms with E-state index in [-0.39, 0.29) is 0 Å². The molecular weight excluding hydrogens is 142 g/mol. The van der Waals surface area contributed by atoms with Crippen molar-refractivity contribution in [3.05, 3.63) is 0 Å². The Hall–Kier alpha value is -0.570. The first-order valence-electron chi connectivity index (χ1n) is 4.08. The molecule has 3 heteroatoms. The van der Waals surface area contributed by atoms with Gasteiger partial charge in [0.25, 0.3) is 0 Å². The summed E-state index contributed by atoms with van der Waals surface area (Å²) in [6.45, 7) is 2.80. The Labute approximate surface area is 67.0 Å². The van der Waals surface area contributed by atoms with Crippen LogP contribution < -0.4 is 0 Å². The minimum atomic E-state index is -0.659. The molecule has 0 radical (unpaired) electrons. The Morgan fingerprint density at radius 2 is 2.18 bits per heavy atom. The van der Waals surface area contributed by atoms with Gasteiger partial charge in [0.2, 0.25) is 0 Å². The molecule has 0 amide bonds. The summed E-state index contributed by atoms with van der Waals surface area (Å²) in [5.74, 6) is -0.659. The molecule has 0 heterocycles. The van der Waals surface area contributed by atoms with Gasteiger partial charge in [-0.3, -0.25) is 9.69 Å². The van der Waals surface area contributed by atoms with E-state index in [9.17, 15) is 4.79 Å². The predicted octanol–water partition coefficient (Wildman–Crippen LogP) is 0.945. The SMILES string of the molecule is CCN(C)C1(C(=O)O)CCC1. The molecular formula is C8H15NO2. The van der Waals surface area contributed by atoms with Crippen molar-refractivity contribution in [2.45, 2.75) is 31.7 Å². The highest BCUT2D eigenvalue weighted by atomic mass is 16.4. The van der Waals surface area contributed by atoms with Crippen molar-refractivity contribution in [3.63, 3.8) is 0 Å². The number of carboxylic acids is 1. The molecule has 0 unspecified atom stereocenters. The summed E-state index contributed by atoms with van der Waals surface area (Å²) in [6, 6.07) is 0. The zero-order chi connectivity index (χ0) is 8.48. The van der Waals surface area contributed by atoms with Crippen molar-refractivity contribution in [3.8, 4) is 0 Å². The van der Waals surface area contributed by atoms with Crippen LogP contribution in [0.4, 0.5) is 0 Å². The lowest BCUT2D eigenvalue weighted by atomic mass is 9.75. The largest absolute Gasteiger partial charge is 0.480 e. The first-order chi connectivity index (χ1) is 5.13. The van der Waals surface area contributed by atoms with Crippen LogP contribution in [0.1, 0.15) is 26.2 Å². The number of carboxylic acid groups (broad SMARTS) is 1. The molecule has 3 nitrogen and oxygen atoms in total. The van der Waals surface area contributed by atoms with Gasteiger partial charge in [0.15, 0.2) is 0 Å². The molecule has 0 aliphatic heterocycles. The Bertz CT molecular complexity index is 163. The molecule has 0 atom stereocenters. The summed E-state index contributed by atoms with van der Waals surface area (Å²) >= 11 is 0. The van der Waals surface area contributed by atoms with Crippen molar-refractivity contribution < 1.29 is 9.90 Å². The van der Waals surface area contributed by atoms with Gasteiger partial charge in [-0.1, -0.05) is 6.92 Å². The second-order valence-corrected chi connectivity index (χ2v) is 3.20. The number of likely N-dealkylation sites (N-methyl/N-ethyl adjacent to an activating group) is 1. The summed E-state index contributed by atoms with van der Waals surface area (Å²) in [7, 11) is 1.88. The van der Waals surface area contributed by atoms with Crippen LogP contribution in [0.25, 0.3) is 0 Å². The molecule has 11 heavy (non-hydrogen) atoms. The fourth-order valence-corrected chi connectivity index (χ4v) is 1.57. The third-order valence-electron chi connectivity index (χ3n) is 2.78. The smallest absolute Gasteiger partial charge is 0.324 e. The van der Waals surface area contributed by atoms with Crippen LogP contribution in [0.3, 0.4) is 0 Å². The molecule has 1 N–H and O–H groups in total. The van der Waals surface area contributed by atoms with Gasteiger partial charge >= 0.3 is 5.97 Å². The topological polar surface area (TPSA) is 40.5 Å². The van der Waals surface area contributed by atoms with E-state index in [4.69, 9.17) is 5.11 Å². The molecule has 0 saturated heterocycles. The number of hydrogen-bond donors (Lipinski definition) is 1. The number of aliphatic carboxylic acids is 1. The lowest BCUT2D eigenvalue weighted by molar-refractivity contribution is -0.156. The van der Waals surface area contributed by atoms with E-state index in [0.29, 0.717) is 0 Å². The zero-order valence-electron chi connectivity index (χ0n) is 7.13. The van der Waals surface area contributed by atoms with E-state index in [1.54, 1.807) is 0 Å². The van der Waals surface area contributed by atoms with E-state index >= 15 is 0 Å². The maximum Gasteiger partial charge on any atom is 0.324 e. The molecule has 1 aliphatic carbocycles. The zero-order valence-corrected chi connectivity index (χ0v) is 7.13. The average Bonchev–Trinajstić information content (AvgIpc) is 1.84. The third-order valence-corrected chi connectivity index (χ3v) is 2.78. The Morgan fingerprint density at radius 3 is 2.27 bits per heavy atom. The molecule has 1 aliphatic rings. The molecule has 1 fully saturated rings. The highest BCUT2D eigenvalue weighted by Crippen LogP contribution is 2.36. The normalized spacial score (nSPS) is 21.4. The highest BCUT2D eigenvalue weighted by Gasteiger charge is 2.47. The minimum absolute atomic E-state index is 0.519. The number of hydrogen-bond acceptors (Lipinski definition) is 2. The Kier molecular flexibility index (Phi) is 2.18. The van der Waals surface area contributed by atoms with Crippen LogP contribution in [0.2, 0.25) is 0 Å². The van der Waals surface area contributed by atoms with Crippen molar-refractivity contribution in [2.75, 3.05) is 13.6 Å². The molecule has 64 valence electrons. The monoisotopic (exact) mass is 157 g/mol. The third kappa shape index (κ3) is 1.13. The van der Waals surface area contributed by atoms with E-state index in [1.165, 1.54) is 0 Å². The number of carbonyl (C=O) groups is 1. The molecule has 0 aromatic heterocycles. The lowest BCUT2D eigenvalue weighted by Gasteiger charge is -2.44. The number of nitrogens with zero attached hydrogens (tertiary/aromatic N) is 1. The van der Waals surface area contributed by atoms with Gasteiger partial charge in [-0.2, -0.15) is 0 Å². The van der Waals surface area contributed by atoms with Gasteiger partial charge in [0.05, 0.1) is 0 Å². The summed E-state index contributed by atoms with van der Waals surface area (Å²) in [6.07, 6.45) is 2.68. The summed E-state index contributed by atoms with van der Waals surface area (Å²) in [4.78, 5) is 12.8. The predicted molar refractivity (Wildman–Crippen MR) is 42.5 cm³/mol. The first kappa shape index (κ1) is 8.53. The summed E-state index contributed by atoms with van der Waals surface area (Å²) in [5, 5.41) is 8.94. The fourth-order valence-electron chi connectivity index (χ4n) is 1.57. The molecule has 0 aromatic carbocycles. The molecule has 0 aromatic rings. The lowest BCUT2D eigenvalue weighted by Crippen LogP contribution is -2.57. The standard InChI is InChI=1S/C8H15NO2/c1-3-9(2)8(7(10)11)5-4-6-8/h3-6H2,1-2H3,(H,10,11). The van der Waals surface area contributed by atoms with Gasteiger partial charge in [-0.15, -0.1) is 0 Å². The van der Waals surface area contributed by atoms with Crippen LogP contribution >= 0.6 is 0 Å². The van der Waals surface area contributed by atoms with Crippen LogP contribution in [-0.2, 0) is 4.79 Å². The average molecular weight is 157 g/mol. The van der Waals surface area contributed by atoms with Crippen molar-refractivity contribution in [1.29, 1.82) is 0 Å². The van der Waals surface area contributed by atoms with Crippen LogP contribution in [0, 0.1) is 0 Å². The molecule has 0 bridgehead atoms. The van der Waals surface area contributed by atoms with Crippen molar-refractivity contribution >= 4 is 5.97 Å². The Morgan fingerprint density at radius 1 is 1.64 bits per heavy atom. The maximum absolute atomic E-state index is 10.9. The number of rotatable bonds is 3. The van der Waals surface area contributed by atoms with Crippen LogP contribution in [-0.4, -0.2) is 35.1 Å². The van der Waals surface area contributed by atoms with Crippen LogP contribution in [0.15, 0.2) is 0 Å².